The van der Waals surface area contributed by atoms with Crippen LogP contribution in [0, 0.1) is 0 Å². The summed E-state index contributed by atoms with van der Waals surface area (Å²) in [5.41, 5.74) is 3.76. The Morgan fingerprint density at radius 1 is 0.938 bits per heavy atom. The maximum Gasteiger partial charge on any atom is 0.343 e. The number of carbonyl (C=O) groups is 2. The maximum absolute atomic E-state index is 12.6. The van der Waals surface area contributed by atoms with Gasteiger partial charge in [0.25, 0.3) is 5.91 Å². The number of hydrogen-bond donors (Lipinski definition) is 1. The Morgan fingerprint density at radius 2 is 1.62 bits per heavy atom. The van der Waals surface area contributed by atoms with Gasteiger partial charge >= 0.3 is 5.97 Å². The molecule has 2 aromatic carbocycles. The average molecular weight is 435 g/mol. The molecule has 32 heavy (non-hydrogen) atoms. The molecule has 0 atom stereocenters. The van der Waals surface area contributed by atoms with Gasteiger partial charge in [-0.25, -0.2) is 10.2 Å². The predicted molar refractivity (Wildman–Crippen MR) is 117 cm³/mol. The molecule has 164 valence electrons. The van der Waals surface area contributed by atoms with E-state index in [9.17, 15) is 9.59 Å². The van der Waals surface area contributed by atoms with E-state index in [-0.39, 0.29) is 11.5 Å². The molecule has 9 nitrogen and oxygen atoms in total. The third-order valence-corrected chi connectivity index (χ3v) is 4.29. The Morgan fingerprint density at radius 3 is 2.19 bits per heavy atom. The number of carbonyl (C=O) groups excluding carboxylic acids is 2. The van der Waals surface area contributed by atoms with Gasteiger partial charge in [0.1, 0.15) is 5.75 Å². The van der Waals surface area contributed by atoms with Crippen molar-refractivity contribution in [1.29, 1.82) is 0 Å². The zero-order valence-corrected chi connectivity index (χ0v) is 17.7. The van der Waals surface area contributed by atoms with Crippen LogP contribution in [0.4, 0.5) is 0 Å². The number of rotatable bonds is 8. The summed E-state index contributed by atoms with van der Waals surface area (Å²) in [6.07, 6.45) is 4.50. The van der Waals surface area contributed by atoms with E-state index < -0.39 is 5.97 Å². The van der Waals surface area contributed by atoms with Crippen LogP contribution in [0.2, 0.25) is 0 Å². The van der Waals surface area contributed by atoms with E-state index in [1.165, 1.54) is 45.9 Å². The summed E-state index contributed by atoms with van der Waals surface area (Å²) in [5, 5.41) is 3.91. The van der Waals surface area contributed by atoms with Gasteiger partial charge in [-0.1, -0.05) is 0 Å². The largest absolute Gasteiger partial charge is 0.493 e. The average Bonchev–Trinajstić information content (AvgIpc) is 2.84. The second-order valence-corrected chi connectivity index (χ2v) is 6.31. The van der Waals surface area contributed by atoms with Crippen molar-refractivity contribution in [3.8, 4) is 23.0 Å². The summed E-state index contributed by atoms with van der Waals surface area (Å²) in [6, 6.07) is 12.9. The number of methoxy groups -OCH3 is 3. The lowest BCUT2D eigenvalue weighted by molar-refractivity contribution is 0.0733. The molecule has 1 N–H and O–H groups in total. The summed E-state index contributed by atoms with van der Waals surface area (Å²) in [6.45, 7) is 0. The minimum absolute atomic E-state index is 0.239. The third kappa shape index (κ3) is 5.39. The zero-order valence-electron chi connectivity index (χ0n) is 17.7. The second kappa shape index (κ2) is 10.6. The Labute approximate surface area is 184 Å². The first kappa shape index (κ1) is 22.3. The molecule has 0 unspecified atom stereocenters. The molecule has 0 aliphatic carbocycles. The number of esters is 1. The van der Waals surface area contributed by atoms with Gasteiger partial charge in [-0.15, -0.1) is 0 Å². The lowest BCUT2D eigenvalue weighted by Gasteiger charge is -2.13. The van der Waals surface area contributed by atoms with Gasteiger partial charge in [0.05, 0.1) is 38.7 Å². The number of hydrogen-bond acceptors (Lipinski definition) is 8. The van der Waals surface area contributed by atoms with Gasteiger partial charge in [0.15, 0.2) is 11.5 Å². The van der Waals surface area contributed by atoms with Crippen molar-refractivity contribution < 1.29 is 28.5 Å². The maximum atomic E-state index is 12.6. The van der Waals surface area contributed by atoms with Crippen molar-refractivity contribution in [3.05, 3.63) is 77.6 Å². The van der Waals surface area contributed by atoms with Crippen molar-refractivity contribution in [1.82, 2.24) is 10.4 Å². The number of ether oxygens (including phenoxy) is 4. The van der Waals surface area contributed by atoms with Crippen LogP contribution in [0.15, 0.2) is 66.0 Å². The van der Waals surface area contributed by atoms with Crippen molar-refractivity contribution >= 4 is 18.1 Å². The lowest BCUT2D eigenvalue weighted by Crippen LogP contribution is -2.17. The molecule has 0 bridgehead atoms. The molecule has 0 fully saturated rings. The normalized spacial score (nSPS) is 10.5. The molecule has 0 saturated carbocycles. The number of benzene rings is 2. The van der Waals surface area contributed by atoms with E-state index >= 15 is 0 Å². The molecule has 1 heterocycles. The van der Waals surface area contributed by atoms with Crippen LogP contribution in [-0.4, -0.2) is 44.4 Å². The fraction of sp³-hybridized carbons (Fsp3) is 0.130. The predicted octanol–water partition coefficient (Wildman–Crippen LogP) is 3.09. The molecule has 0 aliphatic rings. The second-order valence-electron chi connectivity index (χ2n) is 6.31. The van der Waals surface area contributed by atoms with Gasteiger partial charge < -0.3 is 18.9 Å². The van der Waals surface area contributed by atoms with E-state index in [1.807, 2.05) is 0 Å². The standard InChI is InChI=1S/C23H21N3O6/c1-29-19-11-17(12-20(30-2)21(19)31-3)23(28)32-18-8-6-15(7-9-18)13-25-26-22(27)16-5-4-10-24-14-16/h4-14H,1-3H3,(H,26,27). The van der Waals surface area contributed by atoms with Crippen molar-refractivity contribution in [2.45, 2.75) is 0 Å². The first-order chi connectivity index (χ1) is 15.5. The van der Waals surface area contributed by atoms with Gasteiger partial charge in [0, 0.05) is 12.4 Å². The molecular weight excluding hydrogens is 414 g/mol. The third-order valence-electron chi connectivity index (χ3n) is 4.29. The number of nitrogens with zero attached hydrogens (tertiary/aromatic N) is 2. The van der Waals surface area contributed by atoms with E-state index in [4.69, 9.17) is 18.9 Å². The van der Waals surface area contributed by atoms with Crippen LogP contribution in [0.25, 0.3) is 0 Å². The van der Waals surface area contributed by atoms with E-state index in [1.54, 1.807) is 42.6 Å². The number of amides is 1. The Bertz CT molecular complexity index is 1090. The highest BCUT2D eigenvalue weighted by molar-refractivity contribution is 5.94. The van der Waals surface area contributed by atoms with Crippen LogP contribution >= 0.6 is 0 Å². The van der Waals surface area contributed by atoms with Crippen LogP contribution in [0.3, 0.4) is 0 Å². The SMILES string of the molecule is COc1cc(C(=O)Oc2ccc(C=NNC(=O)c3cccnc3)cc2)cc(OC)c1OC. The smallest absolute Gasteiger partial charge is 0.343 e. The van der Waals surface area contributed by atoms with Gasteiger partial charge in [-0.2, -0.15) is 5.10 Å². The molecule has 0 aliphatic heterocycles. The molecule has 1 amide bonds. The molecule has 9 heteroatoms. The number of aromatic nitrogens is 1. The summed E-state index contributed by atoms with van der Waals surface area (Å²) < 4.78 is 21.2. The summed E-state index contributed by atoms with van der Waals surface area (Å²) >= 11 is 0. The number of hydrazone groups is 1. The summed E-state index contributed by atoms with van der Waals surface area (Å²) in [7, 11) is 4.41. The first-order valence-corrected chi connectivity index (χ1v) is 9.41. The number of pyridine rings is 1. The first-order valence-electron chi connectivity index (χ1n) is 9.41. The van der Waals surface area contributed by atoms with Crippen molar-refractivity contribution in [3.63, 3.8) is 0 Å². The fourth-order valence-electron chi connectivity index (χ4n) is 2.71. The van der Waals surface area contributed by atoms with Gasteiger partial charge in [-0.05, 0) is 54.1 Å². The summed E-state index contributed by atoms with van der Waals surface area (Å²) in [4.78, 5) is 28.4. The van der Waals surface area contributed by atoms with E-state index in [0.717, 1.165) is 0 Å². The van der Waals surface area contributed by atoms with Crippen LogP contribution in [-0.2, 0) is 0 Å². The molecular formula is C23H21N3O6. The van der Waals surface area contributed by atoms with E-state index in [2.05, 4.69) is 15.5 Å². The van der Waals surface area contributed by atoms with E-state index in [0.29, 0.717) is 34.1 Å². The summed E-state index contributed by atoms with van der Waals surface area (Å²) in [5.74, 6) is 0.447. The molecule has 0 radical (unpaired) electrons. The van der Waals surface area contributed by atoms with Crippen LogP contribution < -0.4 is 24.4 Å². The van der Waals surface area contributed by atoms with Crippen molar-refractivity contribution in [2.75, 3.05) is 21.3 Å². The molecule has 3 aromatic rings. The highest BCUT2D eigenvalue weighted by atomic mass is 16.5. The molecule has 0 saturated heterocycles. The molecule has 3 rings (SSSR count). The number of nitrogens with one attached hydrogen (secondary N) is 1. The molecule has 0 spiro atoms. The highest BCUT2D eigenvalue weighted by Gasteiger charge is 2.18. The zero-order chi connectivity index (χ0) is 22.9. The Balaban J connectivity index is 1.64. The van der Waals surface area contributed by atoms with Crippen LogP contribution in [0.5, 0.6) is 23.0 Å². The highest BCUT2D eigenvalue weighted by Crippen LogP contribution is 2.38. The van der Waals surface area contributed by atoms with Gasteiger partial charge in [-0.3, -0.25) is 9.78 Å². The Hall–Kier alpha value is -4.40. The van der Waals surface area contributed by atoms with Crippen molar-refractivity contribution in [2.24, 2.45) is 5.10 Å². The quantitative estimate of drug-likeness (QED) is 0.251. The van der Waals surface area contributed by atoms with Crippen LogP contribution in [0.1, 0.15) is 26.3 Å². The van der Waals surface area contributed by atoms with Gasteiger partial charge in [0.2, 0.25) is 5.75 Å². The monoisotopic (exact) mass is 435 g/mol. The minimum Gasteiger partial charge on any atom is -0.493 e. The Kier molecular flexibility index (Phi) is 7.37. The fourth-order valence-corrected chi connectivity index (χ4v) is 2.71. The molecule has 1 aromatic heterocycles. The minimum atomic E-state index is -0.589. The lowest BCUT2D eigenvalue weighted by atomic mass is 10.2. The topological polar surface area (TPSA) is 108 Å².